The van der Waals surface area contributed by atoms with Crippen molar-refractivity contribution >= 4 is 23.6 Å². The molecule has 1 fully saturated rings. The first-order valence-corrected chi connectivity index (χ1v) is 15.7. The molecule has 0 bridgehead atoms. The molecule has 1 aliphatic carbocycles. The molecule has 0 saturated heterocycles. The van der Waals surface area contributed by atoms with Crippen LogP contribution in [0.3, 0.4) is 0 Å². The zero-order valence-electron chi connectivity index (χ0n) is 26.6. The van der Waals surface area contributed by atoms with Crippen LogP contribution in [-0.2, 0) is 26.2 Å². The molecule has 0 radical (unpaired) electrons. The molecular formula is C34H37ClF5N3O5. The molecule has 1 saturated carbocycles. The summed E-state index contributed by atoms with van der Waals surface area (Å²) >= 11 is 6.11. The third-order valence-electron chi connectivity index (χ3n) is 7.50. The van der Waals surface area contributed by atoms with Crippen molar-refractivity contribution in [2.45, 2.75) is 88.7 Å². The van der Waals surface area contributed by atoms with Gasteiger partial charge in [-0.15, -0.1) is 0 Å². The highest BCUT2D eigenvalue weighted by atomic mass is 35.5. The minimum atomic E-state index is -4.92. The smallest absolute Gasteiger partial charge is 0.460 e. The van der Waals surface area contributed by atoms with Crippen molar-refractivity contribution in [2.75, 3.05) is 6.61 Å². The minimum absolute atomic E-state index is 0.0175. The Balaban J connectivity index is 1.67. The van der Waals surface area contributed by atoms with Crippen molar-refractivity contribution in [2.24, 2.45) is 0 Å². The summed E-state index contributed by atoms with van der Waals surface area (Å²) in [6.07, 6.45) is -6.42. The maximum Gasteiger partial charge on any atom is 0.461 e. The van der Waals surface area contributed by atoms with E-state index < -0.39 is 59.4 Å². The summed E-state index contributed by atoms with van der Waals surface area (Å²) in [6.45, 7) is 5.35. The number of benzene rings is 2. The molecule has 0 spiro atoms. The highest BCUT2D eigenvalue weighted by molar-refractivity contribution is 6.30. The van der Waals surface area contributed by atoms with Gasteiger partial charge in [-0.25, -0.2) is 9.18 Å². The molecule has 8 nitrogen and oxygen atoms in total. The van der Waals surface area contributed by atoms with Gasteiger partial charge in [0.15, 0.2) is 0 Å². The van der Waals surface area contributed by atoms with Crippen LogP contribution in [0.2, 0.25) is 5.02 Å². The summed E-state index contributed by atoms with van der Waals surface area (Å²) in [6, 6.07) is 12.9. The SMILES string of the molecule is CC(C)(C)OC(=O)CCOC1CCCC1NC(=O)N[C@@](Cc1ccccc1)(c1cc(F)cc(OC(F)(F)C(F)F)c1)c1ccc(Cl)cn1. The lowest BCUT2D eigenvalue weighted by atomic mass is 9.80. The van der Waals surface area contributed by atoms with Crippen molar-refractivity contribution in [1.82, 2.24) is 15.6 Å². The maximum absolute atomic E-state index is 15.1. The fourth-order valence-electron chi connectivity index (χ4n) is 5.50. The number of esters is 1. The Bertz CT molecular complexity index is 1540. The zero-order chi connectivity index (χ0) is 35.1. The van der Waals surface area contributed by atoms with E-state index in [1.807, 2.05) is 0 Å². The molecular weight excluding hydrogens is 661 g/mol. The van der Waals surface area contributed by atoms with Crippen molar-refractivity contribution in [1.29, 1.82) is 0 Å². The van der Waals surface area contributed by atoms with Crippen LogP contribution >= 0.6 is 11.6 Å². The Kier molecular flexibility index (Phi) is 11.9. The summed E-state index contributed by atoms with van der Waals surface area (Å²) in [5.41, 5.74) is -1.76. The van der Waals surface area contributed by atoms with Crippen molar-refractivity contribution in [3.63, 3.8) is 0 Å². The first-order chi connectivity index (χ1) is 22.6. The lowest BCUT2D eigenvalue weighted by Crippen LogP contribution is -2.55. The van der Waals surface area contributed by atoms with Gasteiger partial charge in [0.1, 0.15) is 22.7 Å². The minimum Gasteiger partial charge on any atom is -0.460 e. The van der Waals surface area contributed by atoms with E-state index >= 15 is 4.39 Å². The van der Waals surface area contributed by atoms with Gasteiger partial charge in [-0.2, -0.15) is 17.6 Å². The molecule has 2 amide bonds. The van der Waals surface area contributed by atoms with Crippen LogP contribution in [0.1, 0.15) is 63.3 Å². The molecule has 4 rings (SSSR count). The van der Waals surface area contributed by atoms with E-state index in [2.05, 4.69) is 20.4 Å². The Morgan fingerprint density at radius 2 is 1.77 bits per heavy atom. The molecule has 1 aliphatic rings. The van der Waals surface area contributed by atoms with Crippen molar-refractivity contribution < 1.29 is 45.8 Å². The van der Waals surface area contributed by atoms with E-state index in [0.29, 0.717) is 24.5 Å². The fourth-order valence-corrected chi connectivity index (χ4v) is 5.61. The summed E-state index contributed by atoms with van der Waals surface area (Å²) in [5, 5.41) is 6.01. The normalized spacial score (nSPS) is 17.9. The molecule has 48 heavy (non-hydrogen) atoms. The number of pyridine rings is 1. The van der Waals surface area contributed by atoms with Gasteiger partial charge in [0, 0.05) is 18.7 Å². The molecule has 2 N–H and O–H groups in total. The number of carbonyl (C=O) groups is 2. The third-order valence-corrected chi connectivity index (χ3v) is 7.73. The Labute approximate surface area is 280 Å². The van der Waals surface area contributed by atoms with Crippen LogP contribution in [0.25, 0.3) is 0 Å². The molecule has 14 heteroatoms. The van der Waals surface area contributed by atoms with Crippen LogP contribution in [-0.4, -0.2) is 53.9 Å². The lowest BCUT2D eigenvalue weighted by Gasteiger charge is -2.36. The number of carbonyl (C=O) groups excluding carboxylic acids is 2. The average molecular weight is 698 g/mol. The number of rotatable bonds is 13. The van der Waals surface area contributed by atoms with E-state index in [0.717, 1.165) is 18.6 Å². The van der Waals surface area contributed by atoms with Crippen LogP contribution in [0.4, 0.5) is 26.7 Å². The van der Waals surface area contributed by atoms with Crippen molar-refractivity contribution in [3.05, 3.63) is 94.5 Å². The van der Waals surface area contributed by atoms with E-state index in [1.165, 1.54) is 18.3 Å². The molecule has 3 aromatic rings. The van der Waals surface area contributed by atoms with E-state index in [9.17, 15) is 27.2 Å². The quantitative estimate of drug-likeness (QED) is 0.141. The van der Waals surface area contributed by atoms with Crippen LogP contribution in [0.15, 0.2) is 66.9 Å². The van der Waals surface area contributed by atoms with E-state index in [1.54, 1.807) is 51.1 Å². The molecule has 2 unspecified atom stereocenters. The second-order valence-corrected chi connectivity index (χ2v) is 12.9. The van der Waals surface area contributed by atoms with Crippen LogP contribution in [0, 0.1) is 5.82 Å². The molecule has 0 aliphatic heterocycles. The Hall–Kier alpha value is -3.97. The standard InChI is InChI=1S/C34H37ClF5N3O5/c1-32(2,3)48-29(44)14-15-46-27-11-7-10-26(27)42-31(45)43-33(19-21-8-5-4-6-9-21,28-13-12-23(35)20-41-28)22-16-24(36)18-25(17-22)47-34(39,40)30(37)38/h4-6,8-9,12-13,16-18,20,26-27,30H,7,10-11,14-15,19H2,1-3H3,(H2,42,43,45)/t26?,27?,33-/m0/s1. The highest BCUT2D eigenvalue weighted by Gasteiger charge is 2.45. The predicted octanol–water partition coefficient (Wildman–Crippen LogP) is 7.57. The largest absolute Gasteiger partial charge is 0.461 e. The molecule has 2 aromatic carbocycles. The summed E-state index contributed by atoms with van der Waals surface area (Å²) in [5.74, 6) is -2.40. The number of aromatic nitrogens is 1. The van der Waals surface area contributed by atoms with Gasteiger partial charge >= 0.3 is 24.5 Å². The van der Waals surface area contributed by atoms with Gasteiger partial charge in [-0.05, 0) is 75.4 Å². The molecule has 1 aromatic heterocycles. The number of halogens is 6. The monoisotopic (exact) mass is 697 g/mol. The number of ether oxygens (including phenoxy) is 3. The van der Waals surface area contributed by atoms with Crippen LogP contribution in [0.5, 0.6) is 5.75 Å². The number of nitrogens with one attached hydrogen (secondary N) is 2. The maximum atomic E-state index is 15.1. The van der Waals surface area contributed by atoms with Gasteiger partial charge in [0.2, 0.25) is 0 Å². The van der Waals surface area contributed by atoms with Gasteiger partial charge in [-0.3, -0.25) is 9.78 Å². The van der Waals surface area contributed by atoms with Gasteiger partial charge in [-0.1, -0.05) is 41.9 Å². The number of nitrogens with zero attached hydrogens (tertiary/aromatic N) is 1. The van der Waals surface area contributed by atoms with Gasteiger partial charge in [0.25, 0.3) is 0 Å². The lowest BCUT2D eigenvalue weighted by molar-refractivity contribution is -0.253. The average Bonchev–Trinajstić information content (AvgIpc) is 3.42. The highest BCUT2D eigenvalue weighted by Crippen LogP contribution is 2.37. The number of amides is 2. The number of alkyl halides is 4. The third kappa shape index (κ3) is 10.0. The summed E-state index contributed by atoms with van der Waals surface area (Å²) in [4.78, 5) is 30.4. The number of hydrogen-bond donors (Lipinski definition) is 2. The molecule has 260 valence electrons. The summed E-state index contributed by atoms with van der Waals surface area (Å²) in [7, 11) is 0. The Morgan fingerprint density at radius 3 is 2.42 bits per heavy atom. The van der Waals surface area contributed by atoms with Gasteiger partial charge in [0.05, 0.1) is 35.9 Å². The van der Waals surface area contributed by atoms with E-state index in [-0.39, 0.29) is 35.7 Å². The predicted molar refractivity (Wildman–Crippen MR) is 168 cm³/mol. The van der Waals surface area contributed by atoms with Crippen molar-refractivity contribution in [3.8, 4) is 5.75 Å². The number of hydrogen-bond acceptors (Lipinski definition) is 6. The molecule has 1 heterocycles. The molecule has 3 atom stereocenters. The van der Waals surface area contributed by atoms with Crippen LogP contribution < -0.4 is 15.4 Å². The fraction of sp³-hybridized carbons (Fsp3) is 0.441. The topological polar surface area (TPSA) is 98.8 Å². The zero-order valence-corrected chi connectivity index (χ0v) is 27.3. The summed E-state index contributed by atoms with van der Waals surface area (Å²) < 4.78 is 84.5. The second-order valence-electron chi connectivity index (χ2n) is 12.5. The van der Waals surface area contributed by atoms with Gasteiger partial charge < -0.3 is 24.8 Å². The van der Waals surface area contributed by atoms with E-state index in [4.69, 9.17) is 21.1 Å². The first kappa shape index (κ1) is 36.9. The number of urea groups is 1. The second kappa shape index (κ2) is 15.5. The first-order valence-electron chi connectivity index (χ1n) is 15.3. The Morgan fingerprint density at radius 1 is 1.04 bits per heavy atom.